The second kappa shape index (κ2) is 4.39. The first-order valence-electron chi connectivity index (χ1n) is 5.56. The molecule has 2 N–H and O–H groups in total. The molecule has 0 saturated carbocycles. The Labute approximate surface area is 91.8 Å². The monoisotopic (exact) mass is 214 g/mol. The molecule has 0 spiro atoms. The number of hydrogen-bond acceptors (Lipinski definition) is 3. The minimum absolute atomic E-state index is 0.0139. The van der Waals surface area contributed by atoms with Crippen molar-refractivity contribution in [2.24, 2.45) is 5.73 Å². The Balaban J connectivity index is 2.59. The van der Waals surface area contributed by atoms with E-state index in [1.165, 1.54) is 0 Å². The van der Waals surface area contributed by atoms with Crippen LogP contribution in [0.4, 0.5) is 4.79 Å². The highest BCUT2D eigenvalue weighted by Gasteiger charge is 2.33. The molecule has 0 aromatic carbocycles. The molecule has 1 rings (SSSR count). The molecule has 0 aliphatic carbocycles. The van der Waals surface area contributed by atoms with Crippen molar-refractivity contribution >= 4 is 6.09 Å². The summed E-state index contributed by atoms with van der Waals surface area (Å²) in [6.45, 7) is 8.33. The van der Waals surface area contributed by atoms with Gasteiger partial charge in [0.2, 0.25) is 0 Å². The van der Waals surface area contributed by atoms with Crippen LogP contribution in [0.1, 0.15) is 40.5 Å². The molecule has 2 atom stereocenters. The van der Waals surface area contributed by atoms with Crippen LogP contribution in [0.2, 0.25) is 0 Å². The van der Waals surface area contributed by atoms with Crippen LogP contribution in [0, 0.1) is 0 Å². The third kappa shape index (κ3) is 3.38. The summed E-state index contributed by atoms with van der Waals surface area (Å²) in [6, 6.07) is 0.153. The number of hydrogen-bond donors (Lipinski definition) is 1. The Morgan fingerprint density at radius 2 is 2.13 bits per heavy atom. The van der Waals surface area contributed by atoms with E-state index >= 15 is 0 Å². The molecule has 0 aromatic heterocycles. The quantitative estimate of drug-likeness (QED) is 0.723. The summed E-state index contributed by atoms with van der Waals surface area (Å²) in [5.41, 5.74) is 5.41. The summed E-state index contributed by atoms with van der Waals surface area (Å²) < 4.78 is 5.33. The normalized spacial score (nSPS) is 24.1. The molecule has 0 bridgehead atoms. The van der Waals surface area contributed by atoms with Gasteiger partial charge in [0.25, 0.3) is 0 Å². The van der Waals surface area contributed by atoms with Gasteiger partial charge in [-0.2, -0.15) is 0 Å². The van der Waals surface area contributed by atoms with Crippen molar-refractivity contribution in [1.29, 1.82) is 0 Å². The molecule has 1 aliphatic heterocycles. The Morgan fingerprint density at radius 3 is 2.60 bits per heavy atom. The summed E-state index contributed by atoms with van der Waals surface area (Å²) >= 11 is 0. The van der Waals surface area contributed by atoms with Gasteiger partial charge in [-0.15, -0.1) is 0 Å². The number of carbonyl (C=O) groups is 1. The van der Waals surface area contributed by atoms with Crippen LogP contribution in [0.3, 0.4) is 0 Å². The molecule has 0 unspecified atom stereocenters. The van der Waals surface area contributed by atoms with Crippen molar-refractivity contribution in [1.82, 2.24) is 4.90 Å². The van der Waals surface area contributed by atoms with Crippen LogP contribution in [0.25, 0.3) is 0 Å². The van der Waals surface area contributed by atoms with E-state index in [-0.39, 0.29) is 18.2 Å². The number of amides is 1. The standard InChI is InChI=1S/C11H22N2O2/c1-8(12)9-6-5-7-13(9)10(14)15-11(2,3)4/h8-9H,5-7,12H2,1-4H3/t8-,9-/m1/s1. The van der Waals surface area contributed by atoms with Crippen LogP contribution in [0.5, 0.6) is 0 Å². The fourth-order valence-electron chi connectivity index (χ4n) is 1.89. The molecule has 0 radical (unpaired) electrons. The predicted octanol–water partition coefficient (Wildman–Crippen LogP) is 1.73. The van der Waals surface area contributed by atoms with Gasteiger partial charge >= 0.3 is 6.09 Å². The topological polar surface area (TPSA) is 55.6 Å². The highest BCUT2D eigenvalue weighted by Crippen LogP contribution is 2.22. The zero-order chi connectivity index (χ0) is 11.6. The van der Waals surface area contributed by atoms with E-state index in [0.29, 0.717) is 0 Å². The van der Waals surface area contributed by atoms with Crippen LogP contribution in [0.15, 0.2) is 0 Å². The van der Waals surface area contributed by atoms with Crippen molar-refractivity contribution in [3.05, 3.63) is 0 Å². The van der Waals surface area contributed by atoms with E-state index in [1.54, 1.807) is 4.90 Å². The molecule has 88 valence electrons. The summed E-state index contributed by atoms with van der Waals surface area (Å²) in [6.07, 6.45) is 1.77. The van der Waals surface area contributed by atoms with E-state index in [4.69, 9.17) is 10.5 Å². The second-order valence-corrected chi connectivity index (χ2v) is 5.24. The molecule has 1 amide bonds. The number of ether oxygens (including phenoxy) is 1. The van der Waals surface area contributed by atoms with Gasteiger partial charge in [0.05, 0.1) is 0 Å². The summed E-state index contributed by atoms with van der Waals surface area (Å²) in [4.78, 5) is 13.6. The molecule has 1 saturated heterocycles. The lowest BCUT2D eigenvalue weighted by atomic mass is 10.1. The van der Waals surface area contributed by atoms with Crippen molar-refractivity contribution in [2.45, 2.75) is 58.2 Å². The predicted molar refractivity (Wildman–Crippen MR) is 59.6 cm³/mol. The first-order valence-corrected chi connectivity index (χ1v) is 5.56. The van der Waals surface area contributed by atoms with E-state index in [0.717, 1.165) is 19.4 Å². The summed E-state index contributed by atoms with van der Waals surface area (Å²) in [7, 11) is 0. The average Bonchev–Trinajstić information content (AvgIpc) is 2.47. The van der Waals surface area contributed by atoms with Crippen molar-refractivity contribution < 1.29 is 9.53 Å². The van der Waals surface area contributed by atoms with Gasteiger partial charge in [0.1, 0.15) is 5.60 Å². The maximum atomic E-state index is 11.8. The van der Waals surface area contributed by atoms with Gasteiger partial charge in [-0.05, 0) is 40.5 Å². The fourth-order valence-corrected chi connectivity index (χ4v) is 1.89. The van der Waals surface area contributed by atoms with Gasteiger partial charge in [-0.25, -0.2) is 4.79 Å². The van der Waals surface area contributed by atoms with Crippen molar-refractivity contribution in [3.8, 4) is 0 Å². The van der Waals surface area contributed by atoms with E-state index in [9.17, 15) is 4.79 Å². The second-order valence-electron chi connectivity index (χ2n) is 5.24. The van der Waals surface area contributed by atoms with Gasteiger partial charge in [0, 0.05) is 18.6 Å². The lowest BCUT2D eigenvalue weighted by Gasteiger charge is -2.30. The van der Waals surface area contributed by atoms with E-state index in [1.807, 2.05) is 27.7 Å². The highest BCUT2D eigenvalue weighted by molar-refractivity contribution is 5.69. The largest absolute Gasteiger partial charge is 0.444 e. The molecule has 15 heavy (non-hydrogen) atoms. The third-order valence-electron chi connectivity index (χ3n) is 2.53. The number of nitrogens with zero attached hydrogens (tertiary/aromatic N) is 1. The maximum Gasteiger partial charge on any atom is 0.410 e. The van der Waals surface area contributed by atoms with Crippen LogP contribution in [-0.4, -0.2) is 35.2 Å². The van der Waals surface area contributed by atoms with Gasteiger partial charge < -0.3 is 15.4 Å². The van der Waals surface area contributed by atoms with Crippen LogP contribution < -0.4 is 5.73 Å². The molecule has 4 nitrogen and oxygen atoms in total. The number of rotatable bonds is 1. The molecular formula is C11H22N2O2. The summed E-state index contributed by atoms with van der Waals surface area (Å²) in [5, 5.41) is 0. The molecular weight excluding hydrogens is 192 g/mol. The summed E-state index contributed by atoms with van der Waals surface area (Å²) in [5.74, 6) is 0. The smallest absolute Gasteiger partial charge is 0.410 e. The number of likely N-dealkylation sites (tertiary alicyclic amines) is 1. The van der Waals surface area contributed by atoms with Gasteiger partial charge in [-0.3, -0.25) is 0 Å². The lowest BCUT2D eigenvalue weighted by molar-refractivity contribution is 0.0211. The van der Waals surface area contributed by atoms with Crippen molar-refractivity contribution in [3.63, 3.8) is 0 Å². The molecule has 1 fully saturated rings. The third-order valence-corrected chi connectivity index (χ3v) is 2.53. The zero-order valence-electron chi connectivity index (χ0n) is 10.1. The SMILES string of the molecule is C[C@@H](N)[C@H]1CCCN1C(=O)OC(C)(C)C. The van der Waals surface area contributed by atoms with Crippen LogP contribution in [-0.2, 0) is 4.74 Å². The molecule has 0 aromatic rings. The zero-order valence-corrected chi connectivity index (χ0v) is 10.1. The Kier molecular flexibility index (Phi) is 3.60. The number of nitrogens with two attached hydrogens (primary N) is 1. The molecule has 1 heterocycles. The first-order chi connectivity index (χ1) is 6.81. The van der Waals surface area contributed by atoms with Gasteiger partial charge in [-0.1, -0.05) is 0 Å². The highest BCUT2D eigenvalue weighted by atomic mass is 16.6. The Hall–Kier alpha value is -0.770. The Morgan fingerprint density at radius 1 is 1.53 bits per heavy atom. The maximum absolute atomic E-state index is 11.8. The fraction of sp³-hybridized carbons (Fsp3) is 0.909. The Bertz CT molecular complexity index is 233. The molecule has 1 aliphatic rings. The molecule has 4 heteroatoms. The van der Waals surface area contributed by atoms with Crippen molar-refractivity contribution in [2.75, 3.05) is 6.54 Å². The first kappa shape index (κ1) is 12.3. The lowest BCUT2D eigenvalue weighted by Crippen LogP contribution is -2.47. The van der Waals surface area contributed by atoms with Crippen LogP contribution >= 0.6 is 0 Å². The average molecular weight is 214 g/mol. The minimum Gasteiger partial charge on any atom is -0.444 e. The van der Waals surface area contributed by atoms with Gasteiger partial charge in [0.15, 0.2) is 0 Å². The number of carbonyl (C=O) groups excluding carboxylic acids is 1. The van der Waals surface area contributed by atoms with E-state index in [2.05, 4.69) is 0 Å². The minimum atomic E-state index is -0.429. The van der Waals surface area contributed by atoms with E-state index < -0.39 is 5.60 Å².